The lowest BCUT2D eigenvalue weighted by Gasteiger charge is -2.51. The van der Waals surface area contributed by atoms with Gasteiger partial charge in [0.25, 0.3) is 0 Å². The van der Waals surface area contributed by atoms with Gasteiger partial charge in [0.2, 0.25) is 0 Å². The van der Waals surface area contributed by atoms with Crippen LogP contribution in [0.3, 0.4) is 0 Å². The molecule has 16 heteroatoms. The van der Waals surface area contributed by atoms with Crippen LogP contribution in [-0.4, -0.2) is 152 Å². The molecule has 0 bridgehead atoms. The van der Waals surface area contributed by atoms with Crippen molar-refractivity contribution < 1.29 is 64.5 Å². The lowest BCUT2D eigenvalue weighted by Crippen LogP contribution is -2.71. The van der Waals surface area contributed by atoms with Gasteiger partial charge in [-0.3, -0.25) is 0 Å². The molecule has 16 nitrogen and oxygen atoms in total. The van der Waals surface area contributed by atoms with Crippen LogP contribution in [-0.2, 0) is 23.7 Å². The molecule has 41 heavy (non-hydrogen) atoms. The van der Waals surface area contributed by atoms with Crippen molar-refractivity contribution in [3.8, 4) is 0 Å². The molecule has 2 unspecified atom stereocenters. The highest BCUT2D eigenvalue weighted by Gasteiger charge is 2.55. The van der Waals surface area contributed by atoms with Crippen molar-refractivity contribution in [3.05, 3.63) is 0 Å². The molecule has 0 aromatic rings. The van der Waals surface area contributed by atoms with Crippen LogP contribution in [0.4, 0.5) is 0 Å². The van der Waals surface area contributed by atoms with Gasteiger partial charge >= 0.3 is 0 Å². The van der Waals surface area contributed by atoms with Crippen LogP contribution in [0.2, 0.25) is 0 Å². The second-order valence-corrected chi connectivity index (χ2v) is 11.2. The van der Waals surface area contributed by atoms with Crippen LogP contribution in [0.15, 0.2) is 0 Å². The molecule has 0 radical (unpaired) electrons. The standard InChI is InChI=1S/C25H49N3O13/c1-2-3-4-5-6-7-25(10-31)21(35)18(34)15(28)24(41-25)40-20-12(9-30)38-23(14(27)17(20)33)39-19-11(8-29)37-22(36)13(26)16(19)32/h11-24,29-36H,2-10,26-28H2,1H3/t11-,12-,13-,14-,15-,16-,17-,18-,19?,20?,21+,22-,23+,24+,25-/m1/s1. The Hall–Kier alpha value is -0.640. The molecule has 0 aromatic heterocycles. The number of hydrogen-bond donors (Lipinski definition) is 11. The van der Waals surface area contributed by atoms with E-state index < -0.39 is 111 Å². The Morgan fingerprint density at radius 2 is 1.22 bits per heavy atom. The third-order valence-electron chi connectivity index (χ3n) is 8.30. The van der Waals surface area contributed by atoms with E-state index in [1.54, 1.807) is 0 Å². The van der Waals surface area contributed by atoms with Crippen LogP contribution in [0.25, 0.3) is 0 Å². The summed E-state index contributed by atoms with van der Waals surface area (Å²) in [6.45, 7) is 0.0894. The third-order valence-corrected chi connectivity index (χ3v) is 8.30. The van der Waals surface area contributed by atoms with Crippen molar-refractivity contribution in [2.45, 2.75) is 137 Å². The summed E-state index contributed by atoms with van der Waals surface area (Å²) in [5.74, 6) is 0. The molecule has 0 aliphatic carbocycles. The number of unbranched alkanes of at least 4 members (excludes halogenated alkanes) is 4. The van der Waals surface area contributed by atoms with Gasteiger partial charge < -0.3 is 81.7 Å². The highest BCUT2D eigenvalue weighted by Crippen LogP contribution is 2.36. The molecule has 15 atom stereocenters. The zero-order valence-electron chi connectivity index (χ0n) is 23.3. The summed E-state index contributed by atoms with van der Waals surface area (Å²) in [7, 11) is 0. The van der Waals surface area contributed by atoms with Crippen LogP contribution < -0.4 is 17.2 Å². The van der Waals surface area contributed by atoms with Crippen LogP contribution in [0.5, 0.6) is 0 Å². The van der Waals surface area contributed by atoms with Gasteiger partial charge in [0, 0.05) is 0 Å². The maximum absolute atomic E-state index is 11.1. The minimum absolute atomic E-state index is 0.204. The van der Waals surface area contributed by atoms with E-state index in [9.17, 15) is 40.9 Å². The Balaban J connectivity index is 1.73. The van der Waals surface area contributed by atoms with Crippen molar-refractivity contribution in [1.82, 2.24) is 0 Å². The van der Waals surface area contributed by atoms with E-state index in [2.05, 4.69) is 6.92 Å². The maximum atomic E-state index is 11.1. The maximum Gasteiger partial charge on any atom is 0.176 e. The fourth-order valence-electron chi connectivity index (χ4n) is 5.58. The molecule has 3 fully saturated rings. The van der Waals surface area contributed by atoms with Crippen LogP contribution in [0.1, 0.15) is 45.4 Å². The van der Waals surface area contributed by atoms with E-state index >= 15 is 0 Å². The highest BCUT2D eigenvalue weighted by molar-refractivity contribution is 5.03. The Bertz CT molecular complexity index is 785. The van der Waals surface area contributed by atoms with Crippen LogP contribution in [0, 0.1) is 0 Å². The minimum atomic E-state index is -1.59. The molecule has 0 aromatic carbocycles. The first-order valence-electron chi connectivity index (χ1n) is 14.3. The fourth-order valence-corrected chi connectivity index (χ4v) is 5.58. The van der Waals surface area contributed by atoms with Gasteiger partial charge in [-0.2, -0.15) is 0 Å². The SMILES string of the molecule is CCCCCCC[C@]1(CO)O[C@H](OC2[C@@H](CO)O[C@@H](OC3[C@@H](CO)O[C@@H](O)[C@H](N)[C@H]3O)[C@H](N)[C@H]2O)[C@H](N)[C@@H](O)[C@@H]1O. The summed E-state index contributed by atoms with van der Waals surface area (Å²) in [6, 6.07) is -3.91. The monoisotopic (exact) mass is 599 g/mol. The summed E-state index contributed by atoms with van der Waals surface area (Å²) in [5, 5.41) is 82.8. The van der Waals surface area contributed by atoms with Gasteiger partial charge in [-0.25, -0.2) is 0 Å². The summed E-state index contributed by atoms with van der Waals surface area (Å²) in [4.78, 5) is 0. The van der Waals surface area contributed by atoms with Crippen LogP contribution >= 0.6 is 0 Å². The van der Waals surface area contributed by atoms with E-state index in [0.29, 0.717) is 6.42 Å². The van der Waals surface area contributed by atoms with E-state index in [-0.39, 0.29) is 6.42 Å². The van der Waals surface area contributed by atoms with E-state index in [1.807, 2.05) is 0 Å². The number of hydrogen-bond acceptors (Lipinski definition) is 16. The van der Waals surface area contributed by atoms with Gasteiger partial charge in [-0.15, -0.1) is 0 Å². The number of aliphatic hydroxyl groups excluding tert-OH is 8. The van der Waals surface area contributed by atoms with E-state index in [1.165, 1.54) is 0 Å². The normalized spacial score (nSPS) is 47.4. The van der Waals surface area contributed by atoms with Gasteiger partial charge in [0.15, 0.2) is 18.9 Å². The second-order valence-electron chi connectivity index (χ2n) is 11.2. The van der Waals surface area contributed by atoms with Crippen molar-refractivity contribution in [2.24, 2.45) is 17.2 Å². The first kappa shape index (κ1) is 34.8. The van der Waals surface area contributed by atoms with Gasteiger partial charge in [-0.05, 0) is 6.42 Å². The zero-order chi connectivity index (χ0) is 30.5. The van der Waals surface area contributed by atoms with Gasteiger partial charge in [0.1, 0.15) is 54.4 Å². The number of nitrogens with two attached hydrogens (primary N) is 3. The summed E-state index contributed by atoms with van der Waals surface area (Å²) < 4.78 is 28.6. The second kappa shape index (κ2) is 15.4. The Labute approximate surface area is 238 Å². The topological polar surface area (TPSA) is 286 Å². The Morgan fingerprint density at radius 1 is 0.683 bits per heavy atom. The molecule has 3 saturated heterocycles. The number of rotatable bonds is 13. The van der Waals surface area contributed by atoms with Crippen molar-refractivity contribution >= 4 is 0 Å². The van der Waals surface area contributed by atoms with Gasteiger partial charge in [-0.1, -0.05) is 39.0 Å². The van der Waals surface area contributed by atoms with E-state index in [0.717, 1.165) is 25.7 Å². The molecule has 14 N–H and O–H groups in total. The molecule has 3 aliphatic rings. The van der Waals surface area contributed by atoms with Crippen molar-refractivity contribution in [1.29, 1.82) is 0 Å². The minimum Gasteiger partial charge on any atom is -0.394 e. The molecule has 3 rings (SSSR count). The van der Waals surface area contributed by atoms with E-state index in [4.69, 9.17) is 40.9 Å². The molecule has 242 valence electrons. The number of ether oxygens (including phenoxy) is 5. The molecule has 3 heterocycles. The summed E-state index contributed by atoms with van der Waals surface area (Å²) >= 11 is 0. The predicted molar refractivity (Wildman–Crippen MR) is 139 cm³/mol. The molecule has 0 spiro atoms. The first-order chi connectivity index (χ1) is 19.5. The number of aliphatic hydroxyl groups is 8. The zero-order valence-corrected chi connectivity index (χ0v) is 23.3. The lowest BCUT2D eigenvalue weighted by atomic mass is 9.82. The van der Waals surface area contributed by atoms with Crippen molar-refractivity contribution in [3.63, 3.8) is 0 Å². The fraction of sp³-hybridized carbons (Fsp3) is 1.00. The Kier molecular flexibility index (Phi) is 13.1. The Morgan fingerprint density at radius 3 is 1.80 bits per heavy atom. The summed E-state index contributed by atoms with van der Waals surface area (Å²) in [6.07, 6.45) is -11.1. The average molecular weight is 600 g/mol. The molecule has 0 amide bonds. The smallest absolute Gasteiger partial charge is 0.176 e. The first-order valence-corrected chi connectivity index (χ1v) is 14.3. The molecular formula is C25H49N3O13. The average Bonchev–Trinajstić information content (AvgIpc) is 2.97. The molecule has 3 aliphatic heterocycles. The summed E-state index contributed by atoms with van der Waals surface area (Å²) in [5.41, 5.74) is 16.5. The lowest BCUT2D eigenvalue weighted by molar-refractivity contribution is -0.361. The quantitative estimate of drug-likeness (QED) is 0.0884. The largest absolute Gasteiger partial charge is 0.394 e. The van der Waals surface area contributed by atoms with Gasteiger partial charge in [0.05, 0.1) is 37.9 Å². The van der Waals surface area contributed by atoms with Crippen molar-refractivity contribution in [2.75, 3.05) is 19.8 Å². The predicted octanol–water partition coefficient (Wildman–Crippen LogP) is -4.94. The highest BCUT2D eigenvalue weighted by atomic mass is 16.7. The molecule has 0 saturated carbocycles. The molecular weight excluding hydrogens is 550 g/mol. The third kappa shape index (κ3) is 7.54.